The van der Waals surface area contributed by atoms with Gasteiger partial charge in [0.05, 0.1) is 5.52 Å². The molecule has 1 unspecified atom stereocenters. The molecule has 0 fully saturated rings. The van der Waals surface area contributed by atoms with Gasteiger partial charge in [0, 0.05) is 11.9 Å². The number of hydrogen-bond acceptors (Lipinski definition) is 3. The molecule has 0 radical (unpaired) electrons. The number of rotatable bonds is 4. The molecular formula is C14H17N3O. The van der Waals surface area contributed by atoms with Gasteiger partial charge in [-0.3, -0.25) is 4.79 Å². The minimum absolute atomic E-state index is 0.0209. The Bertz CT molecular complexity index is 553. The first-order chi connectivity index (χ1) is 8.70. The average Bonchev–Trinajstić information content (AvgIpc) is 2.39. The molecule has 0 aliphatic carbocycles. The van der Waals surface area contributed by atoms with Gasteiger partial charge in [0.1, 0.15) is 11.9 Å². The van der Waals surface area contributed by atoms with Crippen LogP contribution in [-0.2, 0) is 4.79 Å². The largest absolute Gasteiger partial charge is 0.359 e. The van der Waals surface area contributed by atoms with Crippen LogP contribution in [0.15, 0.2) is 36.4 Å². The minimum Gasteiger partial charge on any atom is -0.359 e. The molecule has 1 aromatic carbocycles. The number of aromatic nitrogens is 1. The first-order valence-electron chi connectivity index (χ1n) is 6.10. The Hall–Kier alpha value is -2.10. The summed E-state index contributed by atoms with van der Waals surface area (Å²) in [4.78, 5) is 16.1. The molecule has 1 atom stereocenters. The van der Waals surface area contributed by atoms with Crippen LogP contribution < -0.4 is 10.6 Å². The summed E-state index contributed by atoms with van der Waals surface area (Å²) >= 11 is 0. The van der Waals surface area contributed by atoms with E-state index in [0.717, 1.165) is 10.9 Å². The van der Waals surface area contributed by atoms with Crippen molar-refractivity contribution in [2.45, 2.75) is 19.9 Å². The van der Waals surface area contributed by atoms with Crippen molar-refractivity contribution in [3.8, 4) is 0 Å². The highest BCUT2D eigenvalue weighted by Gasteiger charge is 2.11. The topological polar surface area (TPSA) is 54.0 Å². The Morgan fingerprint density at radius 3 is 2.83 bits per heavy atom. The number of carbonyl (C=O) groups is 1. The maximum Gasteiger partial charge on any atom is 0.242 e. The molecular weight excluding hydrogens is 226 g/mol. The first-order valence-corrected chi connectivity index (χ1v) is 6.10. The summed E-state index contributed by atoms with van der Waals surface area (Å²) in [6.45, 7) is 4.36. The van der Waals surface area contributed by atoms with E-state index in [-0.39, 0.29) is 11.9 Å². The summed E-state index contributed by atoms with van der Waals surface area (Å²) in [6.07, 6.45) is 0. The minimum atomic E-state index is -0.293. The van der Waals surface area contributed by atoms with Gasteiger partial charge in [-0.05, 0) is 32.0 Å². The van der Waals surface area contributed by atoms with Gasteiger partial charge in [0.15, 0.2) is 0 Å². The predicted molar refractivity (Wildman–Crippen MR) is 73.5 cm³/mol. The molecule has 4 nitrogen and oxygen atoms in total. The second-order valence-corrected chi connectivity index (χ2v) is 4.15. The van der Waals surface area contributed by atoms with Crippen molar-refractivity contribution in [3.05, 3.63) is 36.4 Å². The molecule has 2 aromatic rings. The van der Waals surface area contributed by atoms with E-state index in [1.165, 1.54) is 0 Å². The highest BCUT2D eigenvalue weighted by molar-refractivity contribution is 5.85. The van der Waals surface area contributed by atoms with E-state index in [2.05, 4.69) is 15.6 Å². The highest BCUT2D eigenvalue weighted by Crippen LogP contribution is 2.14. The molecule has 0 aliphatic heterocycles. The smallest absolute Gasteiger partial charge is 0.242 e. The van der Waals surface area contributed by atoms with Crippen LogP contribution in [0.4, 0.5) is 5.82 Å². The second kappa shape index (κ2) is 5.49. The Labute approximate surface area is 106 Å². The van der Waals surface area contributed by atoms with Crippen LogP contribution in [0.3, 0.4) is 0 Å². The van der Waals surface area contributed by atoms with E-state index in [1.807, 2.05) is 50.2 Å². The van der Waals surface area contributed by atoms with Gasteiger partial charge in [0.25, 0.3) is 0 Å². The lowest BCUT2D eigenvalue weighted by molar-refractivity contribution is -0.121. The monoisotopic (exact) mass is 243 g/mol. The molecule has 0 bridgehead atoms. The van der Waals surface area contributed by atoms with Crippen molar-refractivity contribution in [1.82, 2.24) is 10.3 Å². The van der Waals surface area contributed by atoms with Crippen LogP contribution in [-0.4, -0.2) is 23.5 Å². The number of carbonyl (C=O) groups excluding carboxylic acids is 1. The first kappa shape index (κ1) is 12.4. The van der Waals surface area contributed by atoms with Gasteiger partial charge in [-0.15, -0.1) is 0 Å². The summed E-state index contributed by atoms with van der Waals surface area (Å²) < 4.78 is 0. The summed E-state index contributed by atoms with van der Waals surface area (Å²) in [6, 6.07) is 11.5. The lowest BCUT2D eigenvalue weighted by Gasteiger charge is -2.14. The standard InChI is InChI=1S/C14H17N3O/c1-3-15-14(18)10(2)16-13-9-8-11-6-4-5-7-12(11)17-13/h4-10H,3H2,1-2H3,(H,15,18)(H,16,17). The Morgan fingerprint density at radius 1 is 1.28 bits per heavy atom. The number of para-hydroxylation sites is 1. The molecule has 0 saturated carbocycles. The quantitative estimate of drug-likeness (QED) is 0.865. The van der Waals surface area contributed by atoms with Crippen LogP contribution in [0.25, 0.3) is 10.9 Å². The normalized spacial score (nSPS) is 12.1. The zero-order chi connectivity index (χ0) is 13.0. The van der Waals surface area contributed by atoms with Gasteiger partial charge in [-0.2, -0.15) is 0 Å². The van der Waals surface area contributed by atoms with E-state index in [1.54, 1.807) is 0 Å². The number of fused-ring (bicyclic) bond motifs is 1. The van der Waals surface area contributed by atoms with Crippen molar-refractivity contribution in [2.75, 3.05) is 11.9 Å². The van der Waals surface area contributed by atoms with Gasteiger partial charge >= 0.3 is 0 Å². The fourth-order valence-corrected chi connectivity index (χ4v) is 1.76. The zero-order valence-corrected chi connectivity index (χ0v) is 10.6. The molecule has 2 N–H and O–H groups in total. The summed E-state index contributed by atoms with van der Waals surface area (Å²) in [7, 11) is 0. The van der Waals surface area contributed by atoms with Gasteiger partial charge < -0.3 is 10.6 Å². The molecule has 1 heterocycles. The molecule has 94 valence electrons. The number of anilines is 1. The van der Waals surface area contributed by atoms with E-state index in [0.29, 0.717) is 12.4 Å². The fourth-order valence-electron chi connectivity index (χ4n) is 1.76. The van der Waals surface area contributed by atoms with E-state index < -0.39 is 0 Å². The molecule has 1 aromatic heterocycles. The van der Waals surface area contributed by atoms with Crippen LogP contribution in [0.5, 0.6) is 0 Å². The number of amides is 1. The molecule has 4 heteroatoms. The molecule has 1 amide bonds. The maximum atomic E-state index is 11.6. The molecule has 2 rings (SSSR count). The third-order valence-electron chi connectivity index (χ3n) is 2.71. The number of pyridine rings is 1. The van der Waals surface area contributed by atoms with Crippen molar-refractivity contribution >= 4 is 22.6 Å². The molecule has 18 heavy (non-hydrogen) atoms. The van der Waals surface area contributed by atoms with Gasteiger partial charge in [0.2, 0.25) is 5.91 Å². The molecule has 0 saturated heterocycles. The fraction of sp³-hybridized carbons (Fsp3) is 0.286. The maximum absolute atomic E-state index is 11.6. The summed E-state index contributed by atoms with van der Waals surface area (Å²) in [5, 5.41) is 6.96. The number of benzene rings is 1. The highest BCUT2D eigenvalue weighted by atomic mass is 16.2. The predicted octanol–water partition coefficient (Wildman–Crippen LogP) is 2.17. The summed E-state index contributed by atoms with van der Waals surface area (Å²) in [5.74, 6) is 0.694. The van der Waals surface area contributed by atoms with E-state index >= 15 is 0 Å². The molecule has 0 spiro atoms. The van der Waals surface area contributed by atoms with Crippen LogP contribution >= 0.6 is 0 Å². The third-order valence-corrected chi connectivity index (χ3v) is 2.71. The van der Waals surface area contributed by atoms with Crippen molar-refractivity contribution in [2.24, 2.45) is 0 Å². The van der Waals surface area contributed by atoms with E-state index in [4.69, 9.17) is 0 Å². The van der Waals surface area contributed by atoms with Crippen molar-refractivity contribution in [3.63, 3.8) is 0 Å². The van der Waals surface area contributed by atoms with Crippen LogP contribution in [0, 0.1) is 0 Å². The number of nitrogens with one attached hydrogen (secondary N) is 2. The number of nitrogens with zero attached hydrogens (tertiary/aromatic N) is 1. The van der Waals surface area contributed by atoms with E-state index in [9.17, 15) is 4.79 Å². The number of hydrogen-bond donors (Lipinski definition) is 2. The third kappa shape index (κ3) is 2.77. The van der Waals surface area contributed by atoms with Crippen LogP contribution in [0.2, 0.25) is 0 Å². The SMILES string of the molecule is CCNC(=O)C(C)Nc1ccc2ccccc2n1. The zero-order valence-electron chi connectivity index (χ0n) is 10.6. The van der Waals surface area contributed by atoms with Crippen molar-refractivity contribution in [1.29, 1.82) is 0 Å². The average molecular weight is 243 g/mol. The van der Waals surface area contributed by atoms with Gasteiger partial charge in [-0.1, -0.05) is 18.2 Å². The summed E-state index contributed by atoms with van der Waals surface area (Å²) in [5.41, 5.74) is 0.922. The van der Waals surface area contributed by atoms with Crippen LogP contribution in [0.1, 0.15) is 13.8 Å². The van der Waals surface area contributed by atoms with Gasteiger partial charge in [-0.25, -0.2) is 4.98 Å². The Morgan fingerprint density at radius 2 is 2.06 bits per heavy atom. The Kier molecular flexibility index (Phi) is 3.77. The number of likely N-dealkylation sites (N-methyl/N-ethyl adjacent to an activating group) is 1. The Balaban J connectivity index is 2.14. The lowest BCUT2D eigenvalue weighted by atomic mass is 10.2. The second-order valence-electron chi connectivity index (χ2n) is 4.15. The molecule has 0 aliphatic rings. The van der Waals surface area contributed by atoms with Crippen molar-refractivity contribution < 1.29 is 4.79 Å². The lowest BCUT2D eigenvalue weighted by Crippen LogP contribution is -2.37.